The predicted molar refractivity (Wildman–Crippen MR) is 34.0 cm³/mol. The quantitative estimate of drug-likeness (QED) is 0.252. The van der Waals surface area contributed by atoms with E-state index in [-0.39, 0.29) is 0 Å². The van der Waals surface area contributed by atoms with Gasteiger partial charge in [-0.25, -0.2) is 4.79 Å². The van der Waals surface area contributed by atoms with Gasteiger partial charge in [-0.1, -0.05) is 0 Å². The Kier molecular flexibility index (Phi) is 3.65. The van der Waals surface area contributed by atoms with Crippen molar-refractivity contribution < 1.29 is 19.1 Å². The summed E-state index contributed by atoms with van der Waals surface area (Å²) in [6, 6.07) is 0. The maximum absolute atomic E-state index is 10.5. The summed E-state index contributed by atoms with van der Waals surface area (Å²) in [7, 11) is 1.07. The standard InChI is InChI=1S/C5H8N2O4/c1-3(8)6-7-4(9)5(10)11-2/h1-2H3,(H,6,8)(H,7,9). The Balaban J connectivity index is 3.70. The number of hydrazine groups is 1. The van der Waals surface area contributed by atoms with Crippen LogP contribution >= 0.6 is 0 Å². The van der Waals surface area contributed by atoms with Crippen LogP contribution in [-0.4, -0.2) is 24.9 Å². The highest BCUT2D eigenvalue weighted by Gasteiger charge is 2.12. The summed E-state index contributed by atoms with van der Waals surface area (Å²) >= 11 is 0. The van der Waals surface area contributed by atoms with Crippen molar-refractivity contribution in [2.45, 2.75) is 6.92 Å². The zero-order valence-corrected chi connectivity index (χ0v) is 6.13. The number of hydrogen-bond acceptors (Lipinski definition) is 4. The molecular formula is C5H8N2O4. The molecule has 2 N–H and O–H groups in total. The first-order valence-electron chi connectivity index (χ1n) is 2.72. The van der Waals surface area contributed by atoms with E-state index in [1.807, 2.05) is 10.9 Å². The summed E-state index contributed by atoms with van der Waals surface area (Å²) in [6.45, 7) is 1.19. The molecular weight excluding hydrogens is 152 g/mol. The Bertz CT molecular complexity index is 189. The molecule has 0 radical (unpaired) electrons. The molecule has 0 saturated heterocycles. The van der Waals surface area contributed by atoms with Crippen LogP contribution in [0, 0.1) is 0 Å². The van der Waals surface area contributed by atoms with Crippen LogP contribution in [-0.2, 0) is 19.1 Å². The lowest BCUT2D eigenvalue weighted by Crippen LogP contribution is -2.44. The summed E-state index contributed by atoms with van der Waals surface area (Å²) in [5.41, 5.74) is 3.74. The molecule has 0 heterocycles. The molecule has 0 atom stereocenters. The number of nitrogens with one attached hydrogen (secondary N) is 2. The highest BCUT2D eigenvalue weighted by atomic mass is 16.5. The average molecular weight is 160 g/mol. The van der Waals surface area contributed by atoms with Gasteiger partial charge in [0.1, 0.15) is 0 Å². The number of carbonyl (C=O) groups is 3. The molecule has 62 valence electrons. The lowest BCUT2D eigenvalue weighted by atomic mass is 10.6. The second-order valence-electron chi connectivity index (χ2n) is 1.63. The monoisotopic (exact) mass is 160 g/mol. The Morgan fingerprint density at radius 2 is 1.73 bits per heavy atom. The van der Waals surface area contributed by atoms with Gasteiger partial charge in [-0.05, 0) is 0 Å². The van der Waals surface area contributed by atoms with Gasteiger partial charge in [-0.2, -0.15) is 0 Å². The number of hydrogen-bond donors (Lipinski definition) is 2. The Morgan fingerprint density at radius 1 is 1.18 bits per heavy atom. The van der Waals surface area contributed by atoms with Crippen LogP contribution in [0.3, 0.4) is 0 Å². The number of amides is 2. The summed E-state index contributed by atoms with van der Waals surface area (Å²) in [5, 5.41) is 0. The van der Waals surface area contributed by atoms with Crippen LogP contribution in [0.15, 0.2) is 0 Å². The summed E-state index contributed by atoms with van der Waals surface area (Å²) in [5.74, 6) is -2.54. The van der Waals surface area contributed by atoms with Crippen LogP contribution in [0.2, 0.25) is 0 Å². The van der Waals surface area contributed by atoms with Gasteiger partial charge < -0.3 is 4.74 Å². The molecule has 0 aromatic heterocycles. The third-order valence-corrected chi connectivity index (χ3v) is 0.723. The van der Waals surface area contributed by atoms with Crippen molar-refractivity contribution >= 4 is 17.8 Å². The molecule has 0 bridgehead atoms. The van der Waals surface area contributed by atoms with Crippen molar-refractivity contribution in [2.24, 2.45) is 0 Å². The number of carbonyl (C=O) groups excluding carboxylic acids is 3. The Labute approximate surface area is 62.9 Å². The molecule has 0 aromatic rings. The molecule has 0 fully saturated rings. The minimum absolute atomic E-state index is 0.470. The van der Waals surface area contributed by atoms with E-state index in [2.05, 4.69) is 4.74 Å². The van der Waals surface area contributed by atoms with E-state index < -0.39 is 17.8 Å². The molecule has 0 aromatic carbocycles. The van der Waals surface area contributed by atoms with Gasteiger partial charge in [-0.3, -0.25) is 20.4 Å². The van der Waals surface area contributed by atoms with Crippen LogP contribution in [0.1, 0.15) is 6.92 Å². The van der Waals surface area contributed by atoms with Gasteiger partial charge in [0.15, 0.2) is 0 Å². The Hall–Kier alpha value is -1.59. The van der Waals surface area contributed by atoms with Crippen LogP contribution in [0.4, 0.5) is 0 Å². The highest BCUT2D eigenvalue weighted by Crippen LogP contribution is 1.70. The van der Waals surface area contributed by atoms with Crippen molar-refractivity contribution in [2.75, 3.05) is 7.11 Å². The molecule has 0 rings (SSSR count). The van der Waals surface area contributed by atoms with E-state index in [1.165, 1.54) is 6.92 Å². The van der Waals surface area contributed by atoms with Crippen LogP contribution in [0.25, 0.3) is 0 Å². The maximum atomic E-state index is 10.5. The SMILES string of the molecule is COC(=O)C(=O)NNC(C)=O. The number of methoxy groups -OCH3 is 1. The largest absolute Gasteiger partial charge is 0.462 e. The lowest BCUT2D eigenvalue weighted by molar-refractivity contribution is -0.153. The van der Waals surface area contributed by atoms with E-state index in [4.69, 9.17) is 0 Å². The topological polar surface area (TPSA) is 84.5 Å². The van der Waals surface area contributed by atoms with Gasteiger partial charge in [0.05, 0.1) is 7.11 Å². The molecule has 0 aliphatic rings. The third-order valence-electron chi connectivity index (χ3n) is 0.723. The average Bonchev–Trinajstić information content (AvgIpc) is 1.98. The van der Waals surface area contributed by atoms with Gasteiger partial charge in [-0.15, -0.1) is 0 Å². The van der Waals surface area contributed by atoms with Gasteiger partial charge in [0, 0.05) is 6.92 Å². The van der Waals surface area contributed by atoms with Gasteiger partial charge >= 0.3 is 11.9 Å². The molecule has 0 aliphatic carbocycles. The third kappa shape index (κ3) is 3.90. The van der Waals surface area contributed by atoms with E-state index in [1.54, 1.807) is 0 Å². The summed E-state index contributed by atoms with van der Waals surface area (Å²) in [4.78, 5) is 31.0. The first-order chi connectivity index (χ1) is 5.07. The summed E-state index contributed by atoms with van der Waals surface area (Å²) < 4.78 is 4.04. The molecule has 0 spiro atoms. The van der Waals surface area contributed by atoms with Crippen molar-refractivity contribution in [1.29, 1.82) is 0 Å². The molecule has 0 saturated carbocycles. The van der Waals surface area contributed by atoms with Crippen molar-refractivity contribution in [1.82, 2.24) is 10.9 Å². The Morgan fingerprint density at radius 3 is 2.09 bits per heavy atom. The molecule has 6 nitrogen and oxygen atoms in total. The number of rotatable bonds is 0. The fourth-order valence-corrected chi connectivity index (χ4v) is 0.289. The molecule has 0 aliphatic heterocycles. The zero-order chi connectivity index (χ0) is 8.85. The normalized spacial score (nSPS) is 8.18. The minimum atomic E-state index is -1.06. The number of esters is 1. The first-order valence-corrected chi connectivity index (χ1v) is 2.72. The maximum Gasteiger partial charge on any atom is 0.398 e. The molecule has 11 heavy (non-hydrogen) atoms. The number of ether oxygens (including phenoxy) is 1. The molecule has 2 amide bonds. The lowest BCUT2D eigenvalue weighted by Gasteiger charge is -2.01. The first kappa shape index (κ1) is 9.41. The van der Waals surface area contributed by atoms with E-state index in [0.717, 1.165) is 7.11 Å². The predicted octanol–water partition coefficient (Wildman–Crippen LogP) is -1.67. The van der Waals surface area contributed by atoms with Crippen molar-refractivity contribution in [3.63, 3.8) is 0 Å². The summed E-state index contributed by atoms with van der Waals surface area (Å²) in [6.07, 6.45) is 0. The fraction of sp³-hybridized carbons (Fsp3) is 0.400. The fourth-order valence-electron chi connectivity index (χ4n) is 0.289. The second kappa shape index (κ2) is 4.26. The van der Waals surface area contributed by atoms with Gasteiger partial charge in [0.25, 0.3) is 0 Å². The van der Waals surface area contributed by atoms with E-state index in [9.17, 15) is 14.4 Å². The second-order valence-corrected chi connectivity index (χ2v) is 1.63. The highest BCUT2D eigenvalue weighted by molar-refractivity contribution is 6.32. The van der Waals surface area contributed by atoms with Crippen LogP contribution < -0.4 is 10.9 Å². The molecule has 6 heteroatoms. The van der Waals surface area contributed by atoms with E-state index >= 15 is 0 Å². The van der Waals surface area contributed by atoms with Gasteiger partial charge in [0.2, 0.25) is 5.91 Å². The smallest absolute Gasteiger partial charge is 0.398 e. The molecule has 0 unspecified atom stereocenters. The minimum Gasteiger partial charge on any atom is -0.462 e. The van der Waals surface area contributed by atoms with E-state index in [0.29, 0.717) is 0 Å². The zero-order valence-electron chi connectivity index (χ0n) is 6.13. The van der Waals surface area contributed by atoms with Crippen molar-refractivity contribution in [3.05, 3.63) is 0 Å². The van der Waals surface area contributed by atoms with Crippen molar-refractivity contribution in [3.8, 4) is 0 Å². The van der Waals surface area contributed by atoms with Crippen LogP contribution in [0.5, 0.6) is 0 Å².